The third-order valence-electron chi connectivity index (χ3n) is 8.26. The van der Waals surface area contributed by atoms with Gasteiger partial charge in [-0.15, -0.1) is 0 Å². The minimum Gasteiger partial charge on any atom is -0.309 e. The summed E-state index contributed by atoms with van der Waals surface area (Å²) in [4.78, 5) is 4.84. The van der Waals surface area contributed by atoms with Crippen LogP contribution in [0, 0.1) is 0 Å². The van der Waals surface area contributed by atoms with E-state index in [1.54, 1.807) is 12.1 Å². The smallest absolute Gasteiger partial charge is 0.138 e. The van der Waals surface area contributed by atoms with Gasteiger partial charge in [0.05, 0.1) is 63.5 Å². The van der Waals surface area contributed by atoms with Gasteiger partial charge in [-0.25, -0.2) is 4.98 Å². The highest BCUT2D eigenvalue weighted by Crippen LogP contribution is 2.40. The van der Waals surface area contributed by atoms with E-state index in [1.165, 1.54) is 4.57 Å². The van der Waals surface area contributed by atoms with Crippen LogP contribution in [0.4, 0.5) is 0 Å². The van der Waals surface area contributed by atoms with Gasteiger partial charge in [-0.1, -0.05) is 96.8 Å². The van der Waals surface area contributed by atoms with Gasteiger partial charge in [0.15, 0.2) is 0 Å². The zero-order valence-electron chi connectivity index (χ0n) is 37.2. The lowest BCUT2D eigenvalue weighted by atomic mass is 10.1. The van der Waals surface area contributed by atoms with Crippen molar-refractivity contribution in [3.8, 4) is 17.2 Å². The first-order valence-electron chi connectivity index (χ1n) is 21.2. The van der Waals surface area contributed by atoms with E-state index in [2.05, 4.69) is 4.57 Å². The Morgan fingerprint density at radius 1 is 0.422 bits per heavy atom. The van der Waals surface area contributed by atoms with Crippen LogP contribution in [0.2, 0.25) is 0 Å². The first-order valence-corrected chi connectivity index (χ1v) is 14.2. The van der Waals surface area contributed by atoms with Crippen molar-refractivity contribution in [2.24, 2.45) is 0 Å². The van der Waals surface area contributed by atoms with Crippen molar-refractivity contribution in [2.75, 3.05) is 0 Å². The zero-order chi connectivity index (χ0) is 41.7. The van der Waals surface area contributed by atoms with Crippen molar-refractivity contribution in [1.29, 1.82) is 0 Å². The largest absolute Gasteiger partial charge is 0.309 e. The van der Waals surface area contributed by atoms with Crippen LogP contribution in [0.3, 0.4) is 0 Å². The van der Waals surface area contributed by atoms with Crippen LogP contribution in [0.15, 0.2) is 157 Å². The van der Waals surface area contributed by atoms with Crippen LogP contribution >= 0.6 is 0 Å². The van der Waals surface area contributed by atoms with E-state index < -0.39 is 90.4 Å². The van der Waals surface area contributed by atoms with E-state index in [0.717, 1.165) is 26.7 Å². The van der Waals surface area contributed by atoms with Gasteiger partial charge in [0.1, 0.15) is 5.82 Å². The average molecular weight is 589 g/mol. The Balaban J connectivity index is 1.44. The van der Waals surface area contributed by atoms with Crippen molar-refractivity contribution >= 4 is 65.5 Å². The standard InChI is InChI=1S/C41H26N4/c1-2-13-27(14-3-1)43-34-21-10-6-17-30(34)40-36(43)23-12-24-37(40)44-35-22-11-7-18-31(35)41-38(44)25-26-39(42-41)45-32-19-8-4-15-28(32)29-16-5-9-20-33(29)45/h1-26H/i4D,5D,7D,8D,9D,11D,15D,16D,18D,19D,20D,22D,25D,26D. The van der Waals surface area contributed by atoms with Crippen LogP contribution in [-0.2, 0) is 0 Å². The molecule has 210 valence electrons. The Hall–Kier alpha value is -6.13. The van der Waals surface area contributed by atoms with E-state index in [0.29, 0.717) is 11.1 Å². The molecule has 0 spiro atoms. The van der Waals surface area contributed by atoms with Crippen LogP contribution in [0.25, 0.3) is 82.7 Å². The molecule has 0 N–H and O–H groups in total. The quantitative estimate of drug-likeness (QED) is 0.202. The molecule has 0 aliphatic heterocycles. The molecular formula is C41H26N4. The topological polar surface area (TPSA) is 27.7 Å². The van der Waals surface area contributed by atoms with E-state index in [4.69, 9.17) is 18.7 Å². The molecule has 0 atom stereocenters. The summed E-state index contributed by atoms with van der Waals surface area (Å²) in [5, 5.41) is 0.915. The number of para-hydroxylation sites is 5. The molecule has 4 heterocycles. The molecule has 0 unspecified atom stereocenters. The highest BCUT2D eigenvalue weighted by atomic mass is 15.1. The summed E-state index contributed by atoms with van der Waals surface area (Å²) >= 11 is 0. The summed E-state index contributed by atoms with van der Waals surface area (Å²) in [5.74, 6) is -0.442. The predicted molar refractivity (Wildman–Crippen MR) is 187 cm³/mol. The van der Waals surface area contributed by atoms with Gasteiger partial charge in [0.25, 0.3) is 0 Å². The third kappa shape index (κ3) is 3.34. The van der Waals surface area contributed by atoms with Gasteiger partial charge >= 0.3 is 0 Å². The molecule has 4 aromatic heterocycles. The Morgan fingerprint density at radius 3 is 1.80 bits per heavy atom. The second-order valence-corrected chi connectivity index (χ2v) is 10.6. The first kappa shape index (κ1) is 14.6. The molecule has 0 radical (unpaired) electrons. The van der Waals surface area contributed by atoms with Crippen molar-refractivity contribution in [3.63, 3.8) is 0 Å². The van der Waals surface area contributed by atoms with Gasteiger partial charge in [-0.2, -0.15) is 0 Å². The van der Waals surface area contributed by atoms with Gasteiger partial charge < -0.3 is 9.13 Å². The normalized spacial score (nSPS) is 16.4. The number of fused-ring (bicyclic) bond motifs is 9. The van der Waals surface area contributed by atoms with Crippen LogP contribution in [0.5, 0.6) is 0 Å². The minimum absolute atomic E-state index is 0.0290. The second kappa shape index (κ2) is 9.18. The molecule has 0 fully saturated rings. The first-order chi connectivity index (χ1) is 28.2. The van der Waals surface area contributed by atoms with E-state index in [9.17, 15) is 5.48 Å². The maximum absolute atomic E-state index is 9.69. The van der Waals surface area contributed by atoms with E-state index in [-0.39, 0.29) is 43.7 Å². The lowest BCUT2D eigenvalue weighted by Gasteiger charge is -2.12. The van der Waals surface area contributed by atoms with Crippen molar-refractivity contribution in [2.45, 2.75) is 0 Å². The molecule has 10 aromatic rings. The summed E-state index contributed by atoms with van der Waals surface area (Å²) in [6, 6.07) is 14.7. The number of aromatic nitrogens is 4. The lowest BCUT2D eigenvalue weighted by Crippen LogP contribution is -1.99. The molecule has 4 heteroatoms. The predicted octanol–water partition coefficient (Wildman–Crippen LogP) is 10.4. The number of hydrogen-bond donors (Lipinski definition) is 0. The number of benzene rings is 6. The number of pyridine rings is 1. The summed E-state index contributed by atoms with van der Waals surface area (Å²) < 4.78 is 129. The molecule has 6 aromatic carbocycles. The van der Waals surface area contributed by atoms with Crippen molar-refractivity contribution in [3.05, 3.63) is 157 Å². The maximum atomic E-state index is 9.69. The van der Waals surface area contributed by atoms with Crippen LogP contribution in [-0.4, -0.2) is 18.7 Å². The Morgan fingerprint density at radius 2 is 1.04 bits per heavy atom. The van der Waals surface area contributed by atoms with Crippen LogP contribution < -0.4 is 0 Å². The van der Waals surface area contributed by atoms with Crippen LogP contribution in [0.1, 0.15) is 19.2 Å². The Labute approximate surface area is 278 Å². The molecule has 0 aliphatic rings. The minimum atomic E-state index is -0.672. The van der Waals surface area contributed by atoms with Gasteiger partial charge in [-0.3, -0.25) is 4.57 Å². The summed E-state index contributed by atoms with van der Waals surface area (Å²) in [6.07, 6.45) is 0. The SMILES string of the molecule is [2H]c1c([2H])c([2H])c2c(c1[2H])c1nc(-n3c4c([2H])c([2H])c([2H])c([2H])c4c4c([2H])c([2H])c([2H])c([2H])c43)c([2H])c([2H])c1n2-c1cccc2c1c1ccccc1n2-c1ccccc1. The fourth-order valence-corrected chi connectivity index (χ4v) is 6.48. The summed E-state index contributed by atoms with van der Waals surface area (Å²) in [7, 11) is 0. The monoisotopic (exact) mass is 588 g/mol. The Kier molecular flexibility index (Phi) is 2.97. The second-order valence-electron chi connectivity index (χ2n) is 10.6. The fourth-order valence-electron chi connectivity index (χ4n) is 6.48. The molecule has 0 bridgehead atoms. The third-order valence-corrected chi connectivity index (χ3v) is 8.26. The molecule has 45 heavy (non-hydrogen) atoms. The molecule has 0 aliphatic carbocycles. The number of rotatable bonds is 3. The number of hydrogen-bond acceptors (Lipinski definition) is 1. The highest BCUT2D eigenvalue weighted by molar-refractivity contribution is 6.16. The van der Waals surface area contributed by atoms with Gasteiger partial charge in [0, 0.05) is 32.6 Å². The molecule has 0 saturated carbocycles. The van der Waals surface area contributed by atoms with E-state index in [1.807, 2.05) is 60.7 Å². The maximum Gasteiger partial charge on any atom is 0.138 e. The lowest BCUT2D eigenvalue weighted by molar-refractivity contribution is 1.10. The fraction of sp³-hybridized carbons (Fsp3) is 0. The van der Waals surface area contributed by atoms with Gasteiger partial charge in [0.2, 0.25) is 0 Å². The molecule has 10 rings (SSSR count). The Bertz CT molecular complexity index is 3480. The zero-order valence-corrected chi connectivity index (χ0v) is 23.2. The highest BCUT2D eigenvalue weighted by Gasteiger charge is 2.21. The van der Waals surface area contributed by atoms with E-state index >= 15 is 0 Å². The number of nitrogens with zero attached hydrogens (tertiary/aromatic N) is 4. The molecular weight excluding hydrogens is 548 g/mol. The average Bonchev–Trinajstić information content (AvgIpc) is 3.90. The molecule has 4 nitrogen and oxygen atoms in total. The van der Waals surface area contributed by atoms with Crippen molar-refractivity contribution in [1.82, 2.24) is 18.7 Å². The molecule has 0 saturated heterocycles. The summed E-state index contributed by atoms with van der Waals surface area (Å²) in [5.41, 5.74) is 2.07. The molecule has 0 amide bonds. The summed E-state index contributed by atoms with van der Waals surface area (Å²) in [6.45, 7) is 0. The van der Waals surface area contributed by atoms with Gasteiger partial charge in [-0.05, 0) is 60.5 Å². The van der Waals surface area contributed by atoms with Crippen molar-refractivity contribution < 1.29 is 19.2 Å².